The molecule has 0 saturated carbocycles. The molecule has 0 saturated heterocycles. The van der Waals surface area contributed by atoms with Gasteiger partial charge in [-0.2, -0.15) is 0 Å². The zero-order valence-corrected chi connectivity index (χ0v) is 29.0. The average molecular weight is 608 g/mol. The predicted octanol–water partition coefficient (Wildman–Crippen LogP) is 13.5. The van der Waals surface area contributed by atoms with Crippen molar-refractivity contribution in [1.82, 2.24) is 4.98 Å². The zero-order chi connectivity index (χ0) is 31.4. The quantitative estimate of drug-likeness (QED) is 0.0603. The van der Waals surface area contributed by atoms with Gasteiger partial charge < -0.3 is 9.47 Å². The first kappa shape index (κ1) is 39.7. The highest BCUT2D eigenvalue weighted by Gasteiger charge is 2.05. The van der Waals surface area contributed by atoms with Crippen molar-refractivity contribution in [3.63, 3.8) is 0 Å². The number of nitrogens with zero attached hydrogens (tertiary/aromatic N) is 1. The molecule has 3 nitrogen and oxygen atoms in total. The summed E-state index contributed by atoms with van der Waals surface area (Å²) in [7, 11) is 0. The summed E-state index contributed by atoms with van der Waals surface area (Å²) in [5.41, 5.74) is 0. The van der Waals surface area contributed by atoms with Crippen molar-refractivity contribution < 1.29 is 9.47 Å². The number of ether oxygens (including phenoxy) is 2. The van der Waals surface area contributed by atoms with Crippen LogP contribution in [-0.4, -0.2) is 18.2 Å². The van der Waals surface area contributed by atoms with Crippen LogP contribution in [0.2, 0.25) is 0 Å². The van der Waals surface area contributed by atoms with Crippen molar-refractivity contribution in [3.05, 3.63) is 67.1 Å². The molecule has 1 aromatic heterocycles. The maximum Gasteiger partial charge on any atom is 0.179 e. The van der Waals surface area contributed by atoms with E-state index in [1.165, 1.54) is 128 Å². The molecular formula is C41H69NO2. The molecule has 0 radical (unpaired) electrons. The van der Waals surface area contributed by atoms with E-state index in [4.69, 9.17) is 9.47 Å². The SMILES string of the molecule is CCCCCC/C=C\C/C=C\CCCCCCCOc1ccncc1OCCCCCCC/C=C\C/C=C\CCCCCC. The van der Waals surface area contributed by atoms with E-state index in [0.29, 0.717) is 0 Å². The van der Waals surface area contributed by atoms with E-state index < -0.39 is 0 Å². The summed E-state index contributed by atoms with van der Waals surface area (Å²) in [6, 6.07) is 1.93. The lowest BCUT2D eigenvalue weighted by atomic mass is 10.1. The molecule has 0 aliphatic rings. The van der Waals surface area contributed by atoms with Gasteiger partial charge in [0.1, 0.15) is 0 Å². The molecule has 0 spiro atoms. The van der Waals surface area contributed by atoms with Crippen molar-refractivity contribution >= 4 is 0 Å². The number of hydrogen-bond acceptors (Lipinski definition) is 3. The Balaban J connectivity index is 1.96. The maximum absolute atomic E-state index is 6.05. The summed E-state index contributed by atoms with van der Waals surface area (Å²) in [5.74, 6) is 1.61. The van der Waals surface area contributed by atoms with Gasteiger partial charge >= 0.3 is 0 Å². The summed E-state index contributed by atoms with van der Waals surface area (Å²) in [4.78, 5) is 4.24. The fourth-order valence-electron chi connectivity index (χ4n) is 5.14. The first-order chi connectivity index (χ1) is 21.9. The minimum atomic E-state index is 0.733. The summed E-state index contributed by atoms with van der Waals surface area (Å²) >= 11 is 0. The standard InChI is InChI=1S/C41H69NO2/c1-3-5-7-9-11-13-15-17-19-21-23-25-27-29-31-33-37-43-40-35-36-42-39-41(40)44-38-34-32-30-28-26-24-22-20-18-16-14-12-10-8-6-4-2/h13-16,19-22,35-36,39H,3-12,17-18,23-34,37-38H2,1-2H3/b15-13-,16-14-,21-19-,22-20-. The Hall–Kier alpha value is -2.29. The van der Waals surface area contributed by atoms with E-state index in [2.05, 4.69) is 67.4 Å². The number of pyridine rings is 1. The second-order valence-electron chi connectivity index (χ2n) is 12.2. The number of rotatable bonds is 32. The van der Waals surface area contributed by atoms with Gasteiger partial charge in [0.05, 0.1) is 19.4 Å². The first-order valence-corrected chi connectivity index (χ1v) is 18.7. The van der Waals surface area contributed by atoms with Crippen LogP contribution in [0.1, 0.15) is 168 Å². The fourth-order valence-corrected chi connectivity index (χ4v) is 5.14. The topological polar surface area (TPSA) is 31.4 Å². The monoisotopic (exact) mass is 608 g/mol. The van der Waals surface area contributed by atoms with Gasteiger partial charge in [-0.05, 0) is 77.0 Å². The van der Waals surface area contributed by atoms with Gasteiger partial charge in [-0.25, -0.2) is 0 Å². The van der Waals surface area contributed by atoms with Gasteiger partial charge in [0.15, 0.2) is 11.5 Å². The van der Waals surface area contributed by atoms with Crippen LogP contribution in [-0.2, 0) is 0 Å². The van der Waals surface area contributed by atoms with Crippen LogP contribution in [0.5, 0.6) is 11.5 Å². The van der Waals surface area contributed by atoms with Gasteiger partial charge in [0.2, 0.25) is 0 Å². The maximum atomic E-state index is 6.05. The molecule has 0 bridgehead atoms. The molecule has 0 N–H and O–H groups in total. The van der Waals surface area contributed by atoms with E-state index in [0.717, 1.165) is 50.4 Å². The van der Waals surface area contributed by atoms with Crippen molar-refractivity contribution in [2.45, 2.75) is 168 Å². The lowest BCUT2D eigenvalue weighted by molar-refractivity contribution is 0.257. The van der Waals surface area contributed by atoms with Gasteiger partial charge in [-0.15, -0.1) is 0 Å². The van der Waals surface area contributed by atoms with Crippen molar-refractivity contribution in [1.29, 1.82) is 0 Å². The number of hydrogen-bond donors (Lipinski definition) is 0. The molecule has 0 unspecified atom stereocenters. The molecule has 1 rings (SSSR count). The summed E-state index contributed by atoms with van der Waals surface area (Å²) < 4.78 is 12.1. The van der Waals surface area contributed by atoms with E-state index in [1.54, 1.807) is 12.4 Å². The predicted molar refractivity (Wildman–Crippen MR) is 194 cm³/mol. The molecule has 44 heavy (non-hydrogen) atoms. The van der Waals surface area contributed by atoms with Crippen LogP contribution >= 0.6 is 0 Å². The Labute approximate surface area is 273 Å². The molecule has 0 aliphatic carbocycles. The van der Waals surface area contributed by atoms with Crippen molar-refractivity contribution in [3.8, 4) is 11.5 Å². The van der Waals surface area contributed by atoms with Crippen LogP contribution in [0.3, 0.4) is 0 Å². The van der Waals surface area contributed by atoms with Crippen LogP contribution in [0.4, 0.5) is 0 Å². The Morgan fingerprint density at radius 2 is 0.841 bits per heavy atom. The van der Waals surface area contributed by atoms with Gasteiger partial charge in [-0.3, -0.25) is 4.98 Å². The lowest BCUT2D eigenvalue weighted by Crippen LogP contribution is -2.03. The highest BCUT2D eigenvalue weighted by atomic mass is 16.5. The Morgan fingerprint density at radius 3 is 1.30 bits per heavy atom. The van der Waals surface area contributed by atoms with Gasteiger partial charge in [-0.1, -0.05) is 140 Å². The Kier molecular flexibility index (Phi) is 30.3. The third kappa shape index (κ3) is 27.3. The third-order valence-electron chi connectivity index (χ3n) is 7.95. The third-order valence-corrected chi connectivity index (χ3v) is 7.95. The molecule has 0 amide bonds. The largest absolute Gasteiger partial charge is 0.490 e. The van der Waals surface area contributed by atoms with Crippen LogP contribution in [0, 0.1) is 0 Å². The van der Waals surface area contributed by atoms with Crippen LogP contribution < -0.4 is 9.47 Å². The van der Waals surface area contributed by atoms with Crippen molar-refractivity contribution in [2.24, 2.45) is 0 Å². The molecule has 0 aromatic carbocycles. The Bertz CT molecular complexity index is 772. The molecule has 1 aromatic rings. The highest BCUT2D eigenvalue weighted by Crippen LogP contribution is 2.26. The minimum Gasteiger partial charge on any atom is -0.490 e. The fraction of sp³-hybridized carbons (Fsp3) is 0.683. The first-order valence-electron chi connectivity index (χ1n) is 18.7. The summed E-state index contributed by atoms with van der Waals surface area (Å²) in [6.45, 7) is 6.01. The molecule has 0 atom stereocenters. The Morgan fingerprint density at radius 1 is 0.455 bits per heavy atom. The molecule has 3 heteroatoms. The lowest BCUT2D eigenvalue weighted by Gasteiger charge is -2.12. The highest BCUT2D eigenvalue weighted by molar-refractivity contribution is 5.36. The van der Waals surface area contributed by atoms with Crippen LogP contribution in [0.15, 0.2) is 67.1 Å². The second-order valence-corrected chi connectivity index (χ2v) is 12.2. The van der Waals surface area contributed by atoms with E-state index in [1.807, 2.05) is 6.07 Å². The van der Waals surface area contributed by atoms with E-state index >= 15 is 0 Å². The van der Waals surface area contributed by atoms with Crippen molar-refractivity contribution in [2.75, 3.05) is 13.2 Å². The smallest absolute Gasteiger partial charge is 0.179 e. The average Bonchev–Trinajstić information content (AvgIpc) is 3.04. The number of unbranched alkanes of at least 4 members (excludes halogenated alkanes) is 18. The number of aromatic nitrogens is 1. The number of allylic oxidation sites excluding steroid dienone is 8. The summed E-state index contributed by atoms with van der Waals surface area (Å²) in [5, 5.41) is 0. The molecule has 0 aliphatic heterocycles. The normalized spacial score (nSPS) is 12.0. The molecule has 250 valence electrons. The summed E-state index contributed by atoms with van der Waals surface area (Å²) in [6.07, 6.45) is 52.5. The molecule has 1 heterocycles. The minimum absolute atomic E-state index is 0.733. The second kappa shape index (κ2) is 33.6. The van der Waals surface area contributed by atoms with E-state index in [9.17, 15) is 0 Å². The molecular weight excluding hydrogens is 538 g/mol. The van der Waals surface area contributed by atoms with Gasteiger partial charge in [0.25, 0.3) is 0 Å². The molecule has 0 fully saturated rings. The van der Waals surface area contributed by atoms with Gasteiger partial charge in [0, 0.05) is 12.3 Å². The zero-order valence-electron chi connectivity index (χ0n) is 29.0. The van der Waals surface area contributed by atoms with E-state index in [-0.39, 0.29) is 0 Å². The van der Waals surface area contributed by atoms with Crippen LogP contribution in [0.25, 0.3) is 0 Å².